The van der Waals surface area contributed by atoms with E-state index < -0.39 is 22.9 Å². The molecule has 5 aromatic carbocycles. The predicted octanol–water partition coefficient (Wildman–Crippen LogP) is 8.41. The van der Waals surface area contributed by atoms with Crippen LogP contribution < -0.4 is 16.0 Å². The molecule has 6 nitrogen and oxygen atoms in total. The van der Waals surface area contributed by atoms with Crippen LogP contribution in [0.4, 0.5) is 15.8 Å². The van der Waals surface area contributed by atoms with Gasteiger partial charge in [0.1, 0.15) is 11.5 Å². The first-order chi connectivity index (χ1) is 22.4. The van der Waals surface area contributed by atoms with Gasteiger partial charge in [-0.2, -0.15) is 0 Å². The molecular weight excluding hydrogens is 598 g/mol. The third kappa shape index (κ3) is 8.58. The number of rotatable bonds is 11. The molecule has 8 heteroatoms. The molecule has 1 atom stereocenters. The van der Waals surface area contributed by atoms with Gasteiger partial charge in [-0.05, 0) is 71.7 Å². The van der Waals surface area contributed by atoms with Crippen molar-refractivity contribution >= 4 is 46.9 Å². The lowest BCUT2D eigenvalue weighted by Gasteiger charge is -2.16. The standard InChI is InChI=1S/C38H32FN3O3S/c1-2-35(38(45)41-33-19-10-9-18-32(33)39)46-31-17-11-16-30(25-31)40-37(44)34(42-36(43)29-14-7-4-8-15-29)24-26-20-22-28(23-21-26)27-12-5-3-6-13-27/h3-25,35H,2H2,1H3,(H,40,44)(H,41,45)(H,42,43)/b34-24+. The van der Waals surface area contributed by atoms with Crippen LogP contribution in [-0.4, -0.2) is 23.0 Å². The zero-order chi connectivity index (χ0) is 32.3. The molecule has 5 aromatic rings. The molecule has 3 amide bonds. The fourth-order valence-electron chi connectivity index (χ4n) is 4.62. The number of para-hydroxylation sites is 1. The molecule has 0 bridgehead atoms. The number of amides is 3. The van der Waals surface area contributed by atoms with Gasteiger partial charge in [0.15, 0.2) is 0 Å². The molecule has 1 unspecified atom stereocenters. The molecule has 0 aliphatic heterocycles. The van der Waals surface area contributed by atoms with E-state index in [9.17, 15) is 18.8 Å². The number of thioether (sulfide) groups is 1. The largest absolute Gasteiger partial charge is 0.323 e. The summed E-state index contributed by atoms with van der Waals surface area (Å²) in [5.41, 5.74) is 3.92. The van der Waals surface area contributed by atoms with Crippen LogP contribution in [0.1, 0.15) is 29.3 Å². The van der Waals surface area contributed by atoms with E-state index in [1.54, 1.807) is 60.7 Å². The summed E-state index contributed by atoms with van der Waals surface area (Å²) < 4.78 is 14.1. The maximum absolute atomic E-state index is 14.1. The number of hydrogen-bond acceptors (Lipinski definition) is 4. The second-order valence-corrected chi connectivity index (χ2v) is 11.6. The summed E-state index contributed by atoms with van der Waals surface area (Å²) in [6.45, 7) is 1.88. The second-order valence-electron chi connectivity index (χ2n) is 10.3. The molecule has 46 heavy (non-hydrogen) atoms. The van der Waals surface area contributed by atoms with E-state index in [0.29, 0.717) is 17.7 Å². The van der Waals surface area contributed by atoms with Gasteiger partial charge < -0.3 is 16.0 Å². The summed E-state index contributed by atoms with van der Waals surface area (Å²) in [6.07, 6.45) is 2.13. The number of nitrogens with one attached hydrogen (secondary N) is 3. The van der Waals surface area contributed by atoms with E-state index in [-0.39, 0.29) is 17.3 Å². The summed E-state index contributed by atoms with van der Waals surface area (Å²) in [6, 6.07) is 39.4. The van der Waals surface area contributed by atoms with E-state index in [1.807, 2.05) is 73.7 Å². The van der Waals surface area contributed by atoms with Crippen molar-refractivity contribution in [3.05, 3.63) is 156 Å². The van der Waals surface area contributed by atoms with Crippen LogP contribution in [0.3, 0.4) is 0 Å². The molecule has 0 aliphatic carbocycles. The minimum absolute atomic E-state index is 0.0649. The highest BCUT2D eigenvalue weighted by molar-refractivity contribution is 8.00. The molecule has 5 rings (SSSR count). The maximum atomic E-state index is 14.1. The second kappa shape index (κ2) is 15.5. The van der Waals surface area contributed by atoms with Crippen molar-refractivity contribution in [2.75, 3.05) is 10.6 Å². The Morgan fingerprint density at radius 3 is 2.09 bits per heavy atom. The molecule has 0 spiro atoms. The Hall–Kier alpha value is -5.47. The quantitative estimate of drug-likeness (QED) is 0.101. The van der Waals surface area contributed by atoms with Gasteiger partial charge in [0.2, 0.25) is 5.91 Å². The molecule has 0 heterocycles. The van der Waals surface area contributed by atoms with Crippen LogP contribution in [0.2, 0.25) is 0 Å². The van der Waals surface area contributed by atoms with Gasteiger partial charge in [-0.25, -0.2) is 4.39 Å². The summed E-state index contributed by atoms with van der Waals surface area (Å²) in [4.78, 5) is 40.3. The zero-order valence-electron chi connectivity index (χ0n) is 25.1. The van der Waals surface area contributed by atoms with Gasteiger partial charge in [-0.15, -0.1) is 11.8 Å². The lowest BCUT2D eigenvalue weighted by Crippen LogP contribution is -2.30. The van der Waals surface area contributed by atoms with Gasteiger partial charge in [0.25, 0.3) is 11.8 Å². The van der Waals surface area contributed by atoms with Gasteiger partial charge >= 0.3 is 0 Å². The van der Waals surface area contributed by atoms with Gasteiger partial charge in [-0.1, -0.05) is 97.9 Å². The fraction of sp³-hybridized carbons (Fsp3) is 0.0789. The molecule has 230 valence electrons. The molecule has 0 aromatic heterocycles. The first-order valence-corrected chi connectivity index (χ1v) is 15.6. The van der Waals surface area contributed by atoms with Gasteiger partial charge in [0, 0.05) is 16.1 Å². The Morgan fingerprint density at radius 1 is 0.739 bits per heavy atom. The minimum atomic E-state index is -0.511. The lowest BCUT2D eigenvalue weighted by atomic mass is 10.0. The highest BCUT2D eigenvalue weighted by Gasteiger charge is 2.20. The Labute approximate surface area is 271 Å². The Bertz CT molecular complexity index is 1840. The molecule has 0 aliphatic rings. The highest BCUT2D eigenvalue weighted by Crippen LogP contribution is 2.29. The van der Waals surface area contributed by atoms with E-state index in [2.05, 4.69) is 16.0 Å². The van der Waals surface area contributed by atoms with Crippen LogP contribution in [0.5, 0.6) is 0 Å². The van der Waals surface area contributed by atoms with E-state index in [1.165, 1.54) is 23.9 Å². The van der Waals surface area contributed by atoms with Gasteiger partial charge in [-0.3, -0.25) is 14.4 Å². The summed E-state index contributed by atoms with van der Waals surface area (Å²) in [5, 5.41) is 7.81. The average Bonchev–Trinajstić information content (AvgIpc) is 3.09. The smallest absolute Gasteiger partial charge is 0.272 e. The summed E-state index contributed by atoms with van der Waals surface area (Å²) in [7, 11) is 0. The Morgan fingerprint density at radius 2 is 1.39 bits per heavy atom. The average molecular weight is 630 g/mol. The first-order valence-electron chi connectivity index (χ1n) is 14.8. The number of carbonyl (C=O) groups excluding carboxylic acids is 3. The van der Waals surface area contributed by atoms with Crippen LogP contribution in [0.15, 0.2) is 144 Å². The predicted molar refractivity (Wildman–Crippen MR) is 184 cm³/mol. The zero-order valence-corrected chi connectivity index (χ0v) is 25.9. The summed E-state index contributed by atoms with van der Waals surface area (Å²) in [5.74, 6) is -1.75. The molecule has 0 fully saturated rings. The minimum Gasteiger partial charge on any atom is -0.323 e. The van der Waals surface area contributed by atoms with E-state index in [0.717, 1.165) is 21.6 Å². The van der Waals surface area contributed by atoms with E-state index >= 15 is 0 Å². The third-order valence-corrected chi connectivity index (χ3v) is 8.38. The van der Waals surface area contributed by atoms with Crippen molar-refractivity contribution in [3.8, 4) is 11.1 Å². The van der Waals surface area contributed by atoms with Gasteiger partial charge in [0.05, 0.1) is 10.9 Å². The molecule has 3 N–H and O–H groups in total. The van der Waals surface area contributed by atoms with Crippen molar-refractivity contribution in [3.63, 3.8) is 0 Å². The molecule has 0 saturated heterocycles. The van der Waals surface area contributed by atoms with Crippen LogP contribution in [-0.2, 0) is 9.59 Å². The van der Waals surface area contributed by atoms with Crippen molar-refractivity contribution in [1.29, 1.82) is 0 Å². The maximum Gasteiger partial charge on any atom is 0.272 e. The van der Waals surface area contributed by atoms with Crippen molar-refractivity contribution in [1.82, 2.24) is 5.32 Å². The van der Waals surface area contributed by atoms with Crippen LogP contribution in [0, 0.1) is 5.82 Å². The van der Waals surface area contributed by atoms with E-state index in [4.69, 9.17) is 0 Å². The lowest BCUT2D eigenvalue weighted by molar-refractivity contribution is -0.116. The van der Waals surface area contributed by atoms with Crippen LogP contribution >= 0.6 is 11.8 Å². The normalized spacial score (nSPS) is 11.7. The topological polar surface area (TPSA) is 87.3 Å². The molecule has 0 saturated carbocycles. The molecular formula is C38H32FN3O3S. The molecule has 0 radical (unpaired) electrons. The monoisotopic (exact) mass is 629 g/mol. The Balaban J connectivity index is 1.33. The number of hydrogen-bond donors (Lipinski definition) is 3. The fourth-order valence-corrected chi connectivity index (χ4v) is 5.63. The highest BCUT2D eigenvalue weighted by atomic mass is 32.2. The first kappa shape index (κ1) is 31.9. The number of benzene rings is 5. The van der Waals surface area contributed by atoms with Crippen molar-refractivity contribution < 1.29 is 18.8 Å². The number of carbonyl (C=O) groups is 3. The Kier molecular flexibility index (Phi) is 10.8. The number of anilines is 2. The van der Waals surface area contributed by atoms with Crippen molar-refractivity contribution in [2.45, 2.75) is 23.5 Å². The van der Waals surface area contributed by atoms with Crippen LogP contribution in [0.25, 0.3) is 17.2 Å². The summed E-state index contributed by atoms with van der Waals surface area (Å²) >= 11 is 1.31. The third-order valence-electron chi connectivity index (χ3n) is 7.02. The SMILES string of the molecule is CCC(Sc1cccc(NC(=O)/C(=C\c2ccc(-c3ccccc3)cc2)NC(=O)c2ccccc2)c1)C(=O)Nc1ccccc1F. The van der Waals surface area contributed by atoms with Crippen molar-refractivity contribution in [2.24, 2.45) is 0 Å². The number of halogens is 1.